The van der Waals surface area contributed by atoms with E-state index in [-0.39, 0.29) is 23.7 Å². The highest BCUT2D eigenvalue weighted by atomic mass is 32.2. The first-order valence-electron chi connectivity index (χ1n) is 8.66. The maximum Gasteiger partial charge on any atom is 0.271 e. The summed E-state index contributed by atoms with van der Waals surface area (Å²) >= 11 is 1.05. The number of anilines is 1. The van der Waals surface area contributed by atoms with Crippen LogP contribution in [0.15, 0.2) is 63.9 Å². The van der Waals surface area contributed by atoms with Gasteiger partial charge < -0.3 is 13.9 Å². The Morgan fingerprint density at radius 1 is 1.03 bits per heavy atom. The predicted octanol–water partition coefficient (Wildman–Crippen LogP) is 4.87. The van der Waals surface area contributed by atoms with Crippen LogP contribution in [0.1, 0.15) is 5.76 Å². The van der Waals surface area contributed by atoms with E-state index >= 15 is 0 Å². The van der Waals surface area contributed by atoms with Gasteiger partial charge in [0.2, 0.25) is 6.79 Å². The minimum Gasteiger partial charge on any atom is -0.457 e. The molecule has 0 radical (unpaired) electrons. The van der Waals surface area contributed by atoms with E-state index in [1.807, 2.05) is 0 Å². The van der Waals surface area contributed by atoms with Gasteiger partial charge in [-0.25, -0.2) is 4.39 Å². The molecule has 0 bridgehead atoms. The van der Waals surface area contributed by atoms with Crippen LogP contribution in [0.5, 0.6) is 11.5 Å². The monoisotopic (exact) mass is 408 g/mol. The topological polar surface area (TPSA) is 75.8 Å². The summed E-state index contributed by atoms with van der Waals surface area (Å²) in [5, 5.41) is 8.30. The van der Waals surface area contributed by atoms with E-state index in [9.17, 15) is 9.18 Å². The Morgan fingerprint density at radius 3 is 2.66 bits per heavy atom. The molecule has 3 heterocycles. The highest BCUT2D eigenvalue weighted by Crippen LogP contribution is 2.40. The maximum atomic E-state index is 13.1. The Kier molecular flexibility index (Phi) is 4.13. The summed E-state index contributed by atoms with van der Waals surface area (Å²) in [6.45, 7) is 0.138. The van der Waals surface area contributed by atoms with E-state index in [2.05, 4.69) is 0 Å². The fourth-order valence-electron chi connectivity index (χ4n) is 3.07. The molecule has 144 valence electrons. The summed E-state index contributed by atoms with van der Waals surface area (Å²) in [4.78, 5) is 14.6. The van der Waals surface area contributed by atoms with Gasteiger partial charge in [-0.1, -0.05) is 0 Å². The summed E-state index contributed by atoms with van der Waals surface area (Å²) in [5.41, 5.74) is 1.27. The van der Waals surface area contributed by atoms with Crippen molar-refractivity contribution in [1.82, 2.24) is 0 Å². The molecule has 1 aromatic heterocycles. The van der Waals surface area contributed by atoms with Crippen LogP contribution >= 0.6 is 11.8 Å². The molecule has 2 aliphatic rings. The van der Waals surface area contributed by atoms with Crippen molar-refractivity contribution in [2.24, 2.45) is 0 Å². The van der Waals surface area contributed by atoms with Crippen LogP contribution in [0.2, 0.25) is 0 Å². The zero-order valence-electron chi connectivity index (χ0n) is 14.8. The quantitative estimate of drug-likeness (QED) is 0.626. The zero-order chi connectivity index (χ0) is 20.0. The number of nitrogens with zero attached hydrogens (tertiary/aromatic N) is 1. The molecule has 8 heteroatoms. The standard InChI is InChI=1S/C21H13FN2O4S/c22-13-3-1-12(2-4-13)16-8-6-15(28-16)10-19-20(25)24(21(23)29-19)14-5-7-17-18(9-14)27-11-26-17/h1-10,23H,11H2. The van der Waals surface area contributed by atoms with Crippen LogP contribution in [-0.2, 0) is 4.79 Å². The predicted molar refractivity (Wildman–Crippen MR) is 107 cm³/mol. The van der Waals surface area contributed by atoms with Gasteiger partial charge in [-0.3, -0.25) is 15.1 Å². The van der Waals surface area contributed by atoms with E-state index in [1.165, 1.54) is 17.0 Å². The first-order chi connectivity index (χ1) is 14.1. The molecule has 5 rings (SSSR count). The molecule has 1 amide bonds. The van der Waals surface area contributed by atoms with Crippen molar-refractivity contribution in [3.8, 4) is 22.8 Å². The summed E-state index contributed by atoms with van der Waals surface area (Å²) in [5.74, 6) is 1.55. The van der Waals surface area contributed by atoms with Gasteiger partial charge in [-0.15, -0.1) is 0 Å². The Balaban J connectivity index is 1.41. The lowest BCUT2D eigenvalue weighted by Crippen LogP contribution is -2.28. The number of amides is 1. The number of furan rings is 1. The Hall–Kier alpha value is -3.52. The average molecular weight is 408 g/mol. The van der Waals surface area contributed by atoms with Crippen LogP contribution in [-0.4, -0.2) is 17.9 Å². The van der Waals surface area contributed by atoms with Gasteiger partial charge in [0, 0.05) is 17.7 Å². The van der Waals surface area contributed by atoms with E-state index in [0.717, 1.165) is 17.3 Å². The molecule has 0 atom stereocenters. The number of amidine groups is 1. The van der Waals surface area contributed by atoms with Crippen LogP contribution in [0.3, 0.4) is 0 Å². The molecule has 3 aromatic rings. The minimum atomic E-state index is -0.322. The fourth-order valence-corrected chi connectivity index (χ4v) is 3.92. The summed E-state index contributed by atoms with van der Waals surface area (Å²) in [6.07, 6.45) is 1.60. The maximum absolute atomic E-state index is 13.1. The lowest BCUT2D eigenvalue weighted by Gasteiger charge is -2.14. The van der Waals surface area contributed by atoms with E-state index in [1.54, 1.807) is 48.5 Å². The van der Waals surface area contributed by atoms with Gasteiger partial charge in [0.1, 0.15) is 17.3 Å². The summed E-state index contributed by atoms with van der Waals surface area (Å²) in [7, 11) is 0. The minimum absolute atomic E-state index is 0.0884. The number of carbonyl (C=O) groups excluding carboxylic acids is 1. The number of hydrogen-bond donors (Lipinski definition) is 1. The van der Waals surface area contributed by atoms with Crippen LogP contribution in [0.4, 0.5) is 10.1 Å². The largest absolute Gasteiger partial charge is 0.457 e. The van der Waals surface area contributed by atoms with Crippen molar-refractivity contribution in [2.45, 2.75) is 0 Å². The number of hydrogen-bond acceptors (Lipinski definition) is 6. The summed E-state index contributed by atoms with van der Waals surface area (Å²) < 4.78 is 29.5. The molecule has 1 saturated heterocycles. The number of halogens is 1. The number of carbonyl (C=O) groups is 1. The highest BCUT2D eigenvalue weighted by molar-refractivity contribution is 8.19. The van der Waals surface area contributed by atoms with Gasteiger partial charge in [-0.2, -0.15) is 0 Å². The Bertz CT molecular complexity index is 1170. The van der Waals surface area contributed by atoms with E-state index in [4.69, 9.17) is 19.3 Å². The number of ether oxygens (including phenoxy) is 2. The van der Waals surface area contributed by atoms with Gasteiger partial charge in [0.25, 0.3) is 5.91 Å². The second-order valence-corrected chi connectivity index (χ2v) is 7.33. The second kappa shape index (κ2) is 6.82. The number of fused-ring (bicyclic) bond motifs is 1. The molecule has 2 aromatic carbocycles. The second-order valence-electron chi connectivity index (χ2n) is 6.30. The highest BCUT2D eigenvalue weighted by Gasteiger charge is 2.34. The fraction of sp³-hybridized carbons (Fsp3) is 0.0476. The van der Waals surface area contributed by atoms with Gasteiger partial charge in [-0.05, 0) is 60.3 Å². The average Bonchev–Trinajstić information content (AvgIpc) is 3.42. The molecule has 0 saturated carbocycles. The molecule has 6 nitrogen and oxygen atoms in total. The van der Waals surface area contributed by atoms with Crippen molar-refractivity contribution < 1.29 is 23.1 Å². The molecular formula is C21H13FN2O4S. The van der Waals surface area contributed by atoms with Crippen LogP contribution in [0, 0.1) is 11.2 Å². The van der Waals surface area contributed by atoms with E-state index < -0.39 is 0 Å². The van der Waals surface area contributed by atoms with Gasteiger partial charge in [0.05, 0.1) is 10.6 Å². The third-order valence-electron chi connectivity index (χ3n) is 4.47. The van der Waals surface area contributed by atoms with Crippen molar-refractivity contribution in [2.75, 3.05) is 11.7 Å². The molecule has 1 fully saturated rings. The number of rotatable bonds is 3. The molecule has 1 N–H and O–H groups in total. The molecule has 0 spiro atoms. The molecule has 0 unspecified atom stereocenters. The molecular weight excluding hydrogens is 395 g/mol. The lowest BCUT2D eigenvalue weighted by molar-refractivity contribution is -0.113. The first kappa shape index (κ1) is 17.6. The lowest BCUT2D eigenvalue weighted by atomic mass is 10.2. The van der Waals surface area contributed by atoms with Crippen molar-refractivity contribution in [3.05, 3.63) is 71.1 Å². The van der Waals surface area contributed by atoms with Crippen molar-refractivity contribution >= 4 is 34.6 Å². The third kappa shape index (κ3) is 3.17. The third-order valence-corrected chi connectivity index (χ3v) is 5.36. The molecule has 29 heavy (non-hydrogen) atoms. The van der Waals surface area contributed by atoms with Gasteiger partial charge in [0.15, 0.2) is 16.7 Å². The zero-order valence-corrected chi connectivity index (χ0v) is 15.7. The van der Waals surface area contributed by atoms with Crippen LogP contribution in [0.25, 0.3) is 17.4 Å². The normalized spacial score (nSPS) is 16.9. The number of nitrogens with one attached hydrogen (secondary N) is 1. The Labute approximate surface area is 169 Å². The first-order valence-corrected chi connectivity index (χ1v) is 9.48. The summed E-state index contributed by atoms with van der Waals surface area (Å²) in [6, 6.07) is 14.5. The van der Waals surface area contributed by atoms with Crippen molar-refractivity contribution in [1.29, 1.82) is 5.41 Å². The van der Waals surface area contributed by atoms with Crippen LogP contribution < -0.4 is 14.4 Å². The Morgan fingerprint density at radius 2 is 1.83 bits per heavy atom. The smallest absolute Gasteiger partial charge is 0.271 e. The number of thioether (sulfide) groups is 1. The SMILES string of the molecule is N=C1SC(=Cc2ccc(-c3ccc(F)cc3)o2)C(=O)N1c1ccc2c(c1)OCO2. The van der Waals surface area contributed by atoms with Crippen molar-refractivity contribution in [3.63, 3.8) is 0 Å². The molecule has 0 aliphatic carbocycles. The van der Waals surface area contributed by atoms with Gasteiger partial charge >= 0.3 is 0 Å². The number of benzene rings is 2. The van der Waals surface area contributed by atoms with E-state index in [0.29, 0.717) is 33.6 Å². The molecule has 2 aliphatic heterocycles.